The summed E-state index contributed by atoms with van der Waals surface area (Å²) < 4.78 is 58.9. The Morgan fingerprint density at radius 1 is 1.42 bits per heavy atom. The second-order valence-electron chi connectivity index (χ2n) is 3.44. The highest BCUT2D eigenvalue weighted by molar-refractivity contribution is 7.92. The normalized spacial score (nSPS) is 12.2. The molecule has 0 aromatic carbocycles. The average Bonchev–Trinajstić information content (AvgIpc) is 2.25. The van der Waals surface area contributed by atoms with E-state index in [1.807, 2.05) is 0 Å². The first-order chi connectivity index (χ1) is 8.62. The number of sulfone groups is 1. The van der Waals surface area contributed by atoms with Gasteiger partial charge in [0.2, 0.25) is 15.7 Å². The Morgan fingerprint density at radius 2 is 2.05 bits per heavy atom. The smallest absolute Gasteiger partial charge is 0.346 e. The van der Waals surface area contributed by atoms with Crippen LogP contribution in [0.3, 0.4) is 0 Å². The van der Waals surface area contributed by atoms with Crippen LogP contribution in [-0.4, -0.2) is 37.8 Å². The number of pyridine rings is 1. The Kier molecular flexibility index (Phi) is 4.75. The number of hydrogen-bond acceptors (Lipinski definition) is 4. The molecule has 19 heavy (non-hydrogen) atoms. The standard InChI is InChI=1S/C9H8ClF3N2O3S/c10-6-2-1-3-14-8(6)19(17,18)4-7(16)15-5-9(11,12)13/h1-3H,4-5H2,(H,15,16). The van der Waals surface area contributed by atoms with E-state index in [1.165, 1.54) is 17.4 Å². The van der Waals surface area contributed by atoms with Gasteiger partial charge in [0.05, 0.1) is 5.02 Å². The third-order valence-corrected chi connectivity index (χ3v) is 3.80. The van der Waals surface area contributed by atoms with Crippen molar-refractivity contribution in [2.24, 2.45) is 0 Å². The summed E-state index contributed by atoms with van der Waals surface area (Å²) in [4.78, 5) is 14.6. The molecule has 0 saturated heterocycles. The van der Waals surface area contributed by atoms with E-state index < -0.39 is 39.2 Å². The van der Waals surface area contributed by atoms with Gasteiger partial charge in [-0.05, 0) is 12.1 Å². The molecule has 1 amide bonds. The minimum atomic E-state index is -4.61. The van der Waals surface area contributed by atoms with Crippen molar-refractivity contribution in [3.8, 4) is 0 Å². The molecule has 10 heteroatoms. The van der Waals surface area contributed by atoms with Gasteiger partial charge in [0.25, 0.3) is 0 Å². The molecule has 1 rings (SSSR count). The lowest BCUT2D eigenvalue weighted by molar-refractivity contribution is -0.137. The number of amides is 1. The van der Waals surface area contributed by atoms with E-state index in [1.54, 1.807) is 0 Å². The molecular weight excluding hydrogens is 309 g/mol. The van der Waals surface area contributed by atoms with Crippen molar-refractivity contribution in [2.75, 3.05) is 12.3 Å². The summed E-state index contributed by atoms with van der Waals surface area (Å²) in [6.07, 6.45) is -3.46. The van der Waals surface area contributed by atoms with E-state index in [0.29, 0.717) is 0 Å². The van der Waals surface area contributed by atoms with Gasteiger partial charge in [-0.1, -0.05) is 11.6 Å². The van der Waals surface area contributed by atoms with Gasteiger partial charge < -0.3 is 5.32 Å². The third-order valence-electron chi connectivity index (χ3n) is 1.83. The Labute approximate surface area is 111 Å². The van der Waals surface area contributed by atoms with E-state index in [4.69, 9.17) is 11.6 Å². The van der Waals surface area contributed by atoms with E-state index in [-0.39, 0.29) is 5.02 Å². The Morgan fingerprint density at radius 3 is 2.58 bits per heavy atom. The molecule has 0 atom stereocenters. The number of nitrogens with one attached hydrogen (secondary N) is 1. The van der Waals surface area contributed by atoms with E-state index >= 15 is 0 Å². The summed E-state index contributed by atoms with van der Waals surface area (Å²) in [5, 5.41) is 0.709. The zero-order chi connectivity index (χ0) is 14.7. The van der Waals surface area contributed by atoms with Crippen molar-refractivity contribution >= 4 is 27.3 Å². The molecule has 0 aliphatic rings. The lowest BCUT2D eigenvalue weighted by Crippen LogP contribution is -2.37. The first kappa shape index (κ1) is 15.7. The van der Waals surface area contributed by atoms with Gasteiger partial charge in [0, 0.05) is 6.20 Å². The third kappa shape index (κ3) is 5.03. The predicted molar refractivity (Wildman–Crippen MR) is 60.4 cm³/mol. The minimum Gasteiger partial charge on any atom is -0.346 e. The molecule has 1 N–H and O–H groups in total. The van der Waals surface area contributed by atoms with Gasteiger partial charge in [-0.2, -0.15) is 13.2 Å². The molecule has 0 unspecified atom stereocenters. The molecule has 1 aromatic rings. The SMILES string of the molecule is O=C(CS(=O)(=O)c1ncccc1Cl)NCC(F)(F)F. The fourth-order valence-electron chi connectivity index (χ4n) is 1.09. The molecule has 1 heterocycles. The second-order valence-corrected chi connectivity index (χ2v) is 5.75. The van der Waals surface area contributed by atoms with Crippen molar-refractivity contribution in [3.63, 3.8) is 0 Å². The van der Waals surface area contributed by atoms with Crippen molar-refractivity contribution in [2.45, 2.75) is 11.2 Å². The van der Waals surface area contributed by atoms with E-state index in [9.17, 15) is 26.4 Å². The van der Waals surface area contributed by atoms with Gasteiger partial charge in [0.1, 0.15) is 12.3 Å². The number of nitrogens with zero attached hydrogens (tertiary/aromatic N) is 1. The topological polar surface area (TPSA) is 76.1 Å². The quantitative estimate of drug-likeness (QED) is 0.905. The van der Waals surface area contributed by atoms with Crippen LogP contribution in [0, 0.1) is 0 Å². The molecule has 0 fully saturated rings. The molecule has 0 aliphatic heterocycles. The maximum absolute atomic E-state index is 11.8. The first-order valence-corrected chi connectivity index (χ1v) is 6.81. The molecule has 0 radical (unpaired) electrons. The fraction of sp³-hybridized carbons (Fsp3) is 0.333. The number of rotatable bonds is 4. The highest BCUT2D eigenvalue weighted by Gasteiger charge is 2.29. The molecule has 106 valence electrons. The van der Waals surface area contributed by atoms with Crippen LogP contribution < -0.4 is 5.32 Å². The highest BCUT2D eigenvalue weighted by atomic mass is 35.5. The van der Waals surface area contributed by atoms with Crippen molar-refractivity contribution < 1.29 is 26.4 Å². The van der Waals surface area contributed by atoms with Gasteiger partial charge >= 0.3 is 6.18 Å². The van der Waals surface area contributed by atoms with Gasteiger partial charge in [-0.3, -0.25) is 4.79 Å². The number of alkyl halides is 3. The summed E-state index contributed by atoms with van der Waals surface area (Å²) in [6, 6.07) is 2.63. The summed E-state index contributed by atoms with van der Waals surface area (Å²) in [6.45, 7) is -1.60. The number of aromatic nitrogens is 1. The minimum absolute atomic E-state index is 0.203. The molecule has 1 aromatic heterocycles. The molecule has 0 aliphatic carbocycles. The van der Waals surface area contributed by atoms with Gasteiger partial charge in [-0.15, -0.1) is 0 Å². The van der Waals surface area contributed by atoms with Crippen LogP contribution in [0.2, 0.25) is 5.02 Å². The van der Waals surface area contributed by atoms with Crippen molar-refractivity contribution in [1.29, 1.82) is 0 Å². The molecule has 5 nitrogen and oxygen atoms in total. The summed E-state index contributed by atoms with van der Waals surface area (Å²) >= 11 is 5.59. The van der Waals surface area contributed by atoms with Crippen LogP contribution in [-0.2, 0) is 14.6 Å². The van der Waals surface area contributed by atoms with Crippen LogP contribution in [0.4, 0.5) is 13.2 Å². The lowest BCUT2D eigenvalue weighted by atomic mass is 10.5. The predicted octanol–water partition coefficient (Wildman–Crippen LogP) is 1.19. The maximum Gasteiger partial charge on any atom is 0.405 e. The van der Waals surface area contributed by atoms with Crippen LogP contribution in [0.25, 0.3) is 0 Å². The van der Waals surface area contributed by atoms with E-state index in [2.05, 4.69) is 4.98 Å². The largest absolute Gasteiger partial charge is 0.405 e. The molecular formula is C9H8ClF3N2O3S. The van der Waals surface area contributed by atoms with Gasteiger partial charge in [-0.25, -0.2) is 13.4 Å². The summed E-state index contributed by atoms with van der Waals surface area (Å²) in [5.74, 6) is -2.43. The lowest BCUT2D eigenvalue weighted by Gasteiger charge is -2.09. The number of carbonyl (C=O) groups excluding carboxylic acids is 1. The average molecular weight is 317 g/mol. The monoisotopic (exact) mass is 316 g/mol. The maximum atomic E-state index is 11.8. The Hall–Kier alpha value is -1.35. The molecule has 0 bridgehead atoms. The van der Waals surface area contributed by atoms with Crippen molar-refractivity contribution in [1.82, 2.24) is 10.3 Å². The number of carbonyl (C=O) groups is 1. The highest BCUT2D eigenvalue weighted by Crippen LogP contribution is 2.19. The first-order valence-electron chi connectivity index (χ1n) is 4.78. The number of hydrogen-bond donors (Lipinski definition) is 1. The van der Waals surface area contributed by atoms with Crippen LogP contribution in [0.1, 0.15) is 0 Å². The Bertz CT molecular complexity index is 574. The zero-order valence-corrected chi connectivity index (χ0v) is 10.8. The molecule has 0 spiro atoms. The van der Waals surface area contributed by atoms with Gasteiger partial charge in [0.15, 0.2) is 5.03 Å². The van der Waals surface area contributed by atoms with Crippen LogP contribution >= 0.6 is 11.6 Å². The zero-order valence-electron chi connectivity index (χ0n) is 9.24. The van der Waals surface area contributed by atoms with Crippen molar-refractivity contribution in [3.05, 3.63) is 23.4 Å². The molecule has 0 saturated carbocycles. The van der Waals surface area contributed by atoms with Crippen LogP contribution in [0.5, 0.6) is 0 Å². The van der Waals surface area contributed by atoms with Crippen LogP contribution in [0.15, 0.2) is 23.4 Å². The fourth-order valence-corrected chi connectivity index (χ4v) is 2.74. The Balaban J connectivity index is 2.76. The van der Waals surface area contributed by atoms with E-state index in [0.717, 1.165) is 6.20 Å². The summed E-state index contributed by atoms with van der Waals surface area (Å²) in [7, 11) is -4.18. The second kappa shape index (κ2) is 5.74. The summed E-state index contributed by atoms with van der Waals surface area (Å²) in [5.41, 5.74) is 0. The number of halogens is 4.